The highest BCUT2D eigenvalue weighted by atomic mass is 33.7. The minimum absolute atomic E-state index is 0.0310. The highest BCUT2D eigenvalue weighted by Crippen LogP contribution is 2.65. The van der Waals surface area contributed by atoms with Crippen molar-refractivity contribution in [3.05, 3.63) is 0 Å². The van der Waals surface area contributed by atoms with E-state index in [1.54, 1.807) is 21.6 Å². The minimum Gasteiger partial charge on any atom is -0.374 e. The third-order valence-corrected chi connectivity index (χ3v) is 41.1. The van der Waals surface area contributed by atoms with Crippen molar-refractivity contribution < 1.29 is 39.8 Å². The molecule has 0 amide bonds. The molecule has 1 aliphatic rings. The lowest BCUT2D eigenvalue weighted by Crippen LogP contribution is -2.49. The zero-order valence-electron chi connectivity index (χ0n) is 33.6. The molecule has 0 heterocycles. The van der Waals surface area contributed by atoms with E-state index in [1.807, 2.05) is 143 Å². The van der Waals surface area contributed by atoms with Crippen molar-refractivity contribution in [2.75, 3.05) is 81.7 Å². The molecule has 0 aromatic heterocycles. The molecular weight excluding hydrogens is 973 g/mol. The lowest BCUT2D eigenvalue weighted by molar-refractivity contribution is 0.0726. The molecule has 0 spiro atoms. The first-order chi connectivity index (χ1) is 26.3. The van der Waals surface area contributed by atoms with Crippen LogP contribution in [0.5, 0.6) is 0 Å². The van der Waals surface area contributed by atoms with Gasteiger partial charge in [-0.1, -0.05) is 84.0 Å². The van der Waals surface area contributed by atoms with Gasteiger partial charge in [-0.15, -0.1) is 0 Å². The van der Waals surface area contributed by atoms with Crippen LogP contribution in [0, 0.1) is 5.92 Å². The van der Waals surface area contributed by atoms with Crippen LogP contribution in [0.25, 0.3) is 0 Å². The van der Waals surface area contributed by atoms with Crippen LogP contribution in [0.4, 0.5) is 0 Å². The van der Waals surface area contributed by atoms with Gasteiger partial charge in [-0.05, 0) is 140 Å². The van der Waals surface area contributed by atoms with Crippen LogP contribution in [0.3, 0.4) is 0 Å². The normalized spacial score (nSPS) is 15.1. The van der Waals surface area contributed by atoms with E-state index in [9.17, 15) is 0 Å². The fourth-order valence-corrected chi connectivity index (χ4v) is 42.4. The molecular formula is C30H66O9S12Si3. The van der Waals surface area contributed by atoms with E-state index in [0.717, 1.165) is 28.3 Å². The third-order valence-electron chi connectivity index (χ3n) is 7.35. The van der Waals surface area contributed by atoms with Gasteiger partial charge in [0.15, 0.2) is 0 Å². The Morgan fingerprint density at radius 1 is 0.426 bits per heavy atom. The maximum absolute atomic E-state index is 6.13. The van der Waals surface area contributed by atoms with Gasteiger partial charge in [0.1, 0.15) is 0 Å². The Labute approximate surface area is 378 Å². The molecule has 54 heavy (non-hydrogen) atoms. The predicted octanol–water partition coefficient (Wildman–Crippen LogP) is 13.5. The Bertz CT molecular complexity index is 799. The second kappa shape index (κ2) is 35.9. The van der Waals surface area contributed by atoms with Gasteiger partial charge in [0.05, 0.1) is 14.8 Å². The summed E-state index contributed by atoms with van der Waals surface area (Å²) in [5, 5.41) is 1.46. The van der Waals surface area contributed by atoms with Crippen molar-refractivity contribution in [2.24, 2.45) is 5.92 Å². The second-order valence-electron chi connectivity index (χ2n) is 11.0. The average Bonchev–Trinajstić information content (AvgIpc) is 3.15. The second-order valence-corrected chi connectivity index (χ2v) is 38.7. The largest absolute Gasteiger partial charge is 0.512 e. The molecule has 0 N–H and O–H groups in total. The van der Waals surface area contributed by atoms with E-state index in [0.29, 0.717) is 65.4 Å². The molecule has 1 saturated carbocycles. The molecule has 0 unspecified atom stereocenters. The standard InChI is InChI=1S/C30H66O9S12Si3/c1-10-31-52(32-11-2,33-12-3)25-24-40-46-47-41-26-30(29-22-20-19-21-23-29,44-50-48-42-27-53(34-13-4,35-14-5)36-15-6)45-51-49-43-28-54(37-16-7,38-17-8)39-18-9/h29H,10-28H2,1-9H3. The van der Waals surface area contributed by atoms with Crippen molar-refractivity contribution in [1.29, 1.82) is 0 Å². The quantitative estimate of drug-likeness (QED) is 0.0253. The fourth-order valence-electron chi connectivity index (χ4n) is 5.40. The van der Waals surface area contributed by atoms with Gasteiger partial charge >= 0.3 is 26.4 Å². The maximum atomic E-state index is 6.13. The van der Waals surface area contributed by atoms with Gasteiger partial charge in [0, 0.05) is 77.0 Å². The summed E-state index contributed by atoms with van der Waals surface area (Å²) in [7, 11) is 14.7. The zero-order valence-corrected chi connectivity index (χ0v) is 46.4. The van der Waals surface area contributed by atoms with Crippen LogP contribution in [0.2, 0.25) is 6.04 Å². The Morgan fingerprint density at radius 3 is 1.17 bits per heavy atom. The first-order valence-electron chi connectivity index (χ1n) is 18.9. The monoisotopic (exact) mass is 1040 g/mol. The van der Waals surface area contributed by atoms with E-state index < -0.39 is 26.4 Å². The Hall–Kier alpha value is 4.49. The van der Waals surface area contributed by atoms with Crippen LogP contribution in [-0.4, -0.2) is 112 Å². The van der Waals surface area contributed by atoms with Crippen molar-refractivity contribution in [3.8, 4) is 0 Å². The molecule has 1 fully saturated rings. The Kier molecular flexibility index (Phi) is 37.6. The van der Waals surface area contributed by atoms with Gasteiger partial charge in [0.25, 0.3) is 0 Å². The van der Waals surface area contributed by atoms with E-state index >= 15 is 0 Å². The molecule has 1 aliphatic carbocycles. The van der Waals surface area contributed by atoms with Crippen LogP contribution >= 0.6 is 124 Å². The first-order valence-corrected chi connectivity index (χ1v) is 39.8. The summed E-state index contributed by atoms with van der Waals surface area (Å²) in [5.41, 5.74) is 0. The first kappa shape index (κ1) is 56.5. The van der Waals surface area contributed by atoms with Crippen molar-refractivity contribution in [2.45, 2.75) is 105 Å². The number of hydrogen-bond acceptors (Lipinski definition) is 21. The SMILES string of the molecule is CCO[Si](CCSSSSCC(SSSSC[Si](OCC)(OCC)OCC)(SSSSC[Si](OCC)(OCC)OCC)C1CCCCC1)(OCC)OCC. The minimum atomic E-state index is -2.71. The molecule has 324 valence electrons. The summed E-state index contributed by atoms with van der Waals surface area (Å²) in [6, 6.07) is 0.820. The lowest BCUT2D eigenvalue weighted by Gasteiger charge is -2.40. The van der Waals surface area contributed by atoms with Gasteiger partial charge in [-0.25, -0.2) is 0 Å². The average molecular weight is 1040 g/mol. The molecule has 0 atom stereocenters. The Balaban J connectivity index is 3.02. The van der Waals surface area contributed by atoms with Gasteiger partial charge < -0.3 is 39.8 Å². The number of rotatable bonds is 39. The topological polar surface area (TPSA) is 83.1 Å². The highest BCUT2D eigenvalue weighted by Gasteiger charge is 2.45. The summed E-state index contributed by atoms with van der Waals surface area (Å²) in [5.74, 6) is 2.61. The molecule has 0 aromatic carbocycles. The number of hydrogen-bond donors (Lipinski definition) is 0. The van der Waals surface area contributed by atoms with Gasteiger partial charge in [-0.2, -0.15) is 0 Å². The van der Waals surface area contributed by atoms with Gasteiger partial charge in [0.2, 0.25) is 0 Å². The lowest BCUT2D eigenvalue weighted by atomic mass is 9.87. The molecule has 9 nitrogen and oxygen atoms in total. The van der Waals surface area contributed by atoms with E-state index in [-0.39, 0.29) is 4.08 Å². The van der Waals surface area contributed by atoms with Gasteiger partial charge in [-0.3, -0.25) is 0 Å². The zero-order chi connectivity index (χ0) is 39.9. The van der Waals surface area contributed by atoms with Crippen LogP contribution in [0.1, 0.15) is 94.4 Å². The van der Waals surface area contributed by atoms with Crippen LogP contribution < -0.4 is 0 Å². The van der Waals surface area contributed by atoms with Crippen LogP contribution in [0.15, 0.2) is 0 Å². The summed E-state index contributed by atoms with van der Waals surface area (Å²) in [6.45, 7) is 23.5. The van der Waals surface area contributed by atoms with Crippen molar-refractivity contribution in [3.63, 3.8) is 0 Å². The third kappa shape index (κ3) is 23.3. The summed E-state index contributed by atoms with van der Waals surface area (Å²) in [6.07, 6.45) is 6.48. The molecule has 0 bridgehead atoms. The van der Waals surface area contributed by atoms with Crippen LogP contribution in [-0.2, 0) is 39.8 Å². The van der Waals surface area contributed by atoms with Crippen molar-refractivity contribution >= 4 is 150 Å². The summed E-state index contributed by atoms with van der Waals surface area (Å²) < 4.78 is 55.0. The predicted molar refractivity (Wildman–Crippen MR) is 267 cm³/mol. The molecule has 0 aromatic rings. The summed E-state index contributed by atoms with van der Waals surface area (Å²) in [4.78, 5) is 0. The molecule has 0 radical (unpaired) electrons. The smallest absolute Gasteiger partial charge is 0.374 e. The molecule has 1 rings (SSSR count). The fraction of sp³-hybridized carbons (Fsp3) is 1.00. The molecule has 0 saturated heterocycles. The Morgan fingerprint density at radius 2 is 0.778 bits per heavy atom. The maximum Gasteiger partial charge on any atom is 0.512 e. The summed E-state index contributed by atoms with van der Waals surface area (Å²) >= 11 is 0. The van der Waals surface area contributed by atoms with Crippen molar-refractivity contribution in [1.82, 2.24) is 0 Å². The van der Waals surface area contributed by atoms with E-state index in [2.05, 4.69) is 21.6 Å². The highest BCUT2D eigenvalue weighted by molar-refractivity contribution is 9.29. The van der Waals surface area contributed by atoms with E-state index in [1.165, 1.54) is 32.1 Å². The molecule has 24 heteroatoms. The van der Waals surface area contributed by atoms with E-state index in [4.69, 9.17) is 39.8 Å². The molecule has 0 aliphatic heterocycles.